The third kappa shape index (κ3) is 5.99. The largest absolute Gasteiger partial charge is 0.340 e. The molecule has 2 aromatic rings. The van der Waals surface area contributed by atoms with Gasteiger partial charge in [0.05, 0.1) is 4.90 Å². The molecule has 9 nitrogen and oxygen atoms in total. The molecule has 0 aliphatic heterocycles. The van der Waals surface area contributed by atoms with Gasteiger partial charge in [-0.15, -0.1) is 11.3 Å². The average molecular weight is 481 g/mol. The fourth-order valence-electron chi connectivity index (χ4n) is 2.95. The van der Waals surface area contributed by atoms with Gasteiger partial charge in [0.2, 0.25) is 15.9 Å². The number of aromatic nitrogens is 1. The summed E-state index contributed by atoms with van der Waals surface area (Å²) in [7, 11) is -3.72. The topological polar surface area (TPSA) is 126 Å². The predicted molar refractivity (Wildman–Crippen MR) is 123 cm³/mol. The summed E-state index contributed by atoms with van der Waals surface area (Å²) < 4.78 is 26.8. The van der Waals surface area contributed by atoms with Gasteiger partial charge in [0.25, 0.3) is 5.91 Å². The Balaban J connectivity index is 2.21. The Bertz CT molecular complexity index is 1090. The van der Waals surface area contributed by atoms with Crippen molar-refractivity contribution < 1.29 is 22.8 Å². The molecule has 0 spiro atoms. The van der Waals surface area contributed by atoms with Crippen molar-refractivity contribution in [3.63, 3.8) is 0 Å². The maximum absolute atomic E-state index is 12.8. The maximum atomic E-state index is 12.8. The third-order valence-corrected chi connectivity index (χ3v) is 7.57. The van der Waals surface area contributed by atoms with Gasteiger partial charge in [0.15, 0.2) is 10.9 Å². The van der Waals surface area contributed by atoms with Crippen molar-refractivity contribution in [3.8, 4) is 0 Å². The lowest BCUT2D eigenvalue weighted by Crippen LogP contribution is -2.47. The second-order valence-electron chi connectivity index (χ2n) is 7.40. The summed E-state index contributed by atoms with van der Waals surface area (Å²) >= 11 is 1.11. The molecule has 2 rings (SSSR count). The molecule has 1 aromatic heterocycles. The molecule has 0 unspecified atom stereocenters. The number of carbonyl (C=O) groups is 3. The normalized spacial score (nSPS) is 12.6. The molecule has 1 heterocycles. The minimum atomic E-state index is -3.72. The van der Waals surface area contributed by atoms with Crippen LogP contribution in [0.1, 0.15) is 55.5 Å². The molecule has 0 saturated heterocycles. The smallest absolute Gasteiger partial charge is 0.251 e. The number of hydrogen-bond acceptors (Lipinski definition) is 7. The summed E-state index contributed by atoms with van der Waals surface area (Å²) in [5, 5.41) is 7.09. The van der Waals surface area contributed by atoms with Crippen LogP contribution in [0.4, 0.5) is 5.13 Å². The van der Waals surface area contributed by atoms with Crippen LogP contribution in [0, 0.1) is 5.92 Å². The maximum Gasteiger partial charge on any atom is 0.251 e. The molecule has 0 radical (unpaired) electrons. The molecule has 2 N–H and O–H groups in total. The molecule has 0 fully saturated rings. The highest BCUT2D eigenvalue weighted by Gasteiger charge is 2.27. The quantitative estimate of drug-likeness (QED) is 0.504. The van der Waals surface area contributed by atoms with Gasteiger partial charge in [0, 0.05) is 31.0 Å². The zero-order chi connectivity index (χ0) is 24.1. The van der Waals surface area contributed by atoms with E-state index in [0.717, 1.165) is 11.3 Å². The van der Waals surface area contributed by atoms with E-state index in [1.165, 1.54) is 35.5 Å². The molecule has 11 heteroatoms. The zero-order valence-corrected chi connectivity index (χ0v) is 20.3. The SMILES string of the molecule is CCN(CC)S(=O)(=O)c1cccc(C(=O)N[C@H](C(=O)Nc2nc(C(C)=O)cs2)C(C)C)c1. The Kier molecular flexibility index (Phi) is 8.65. The highest BCUT2D eigenvalue weighted by Crippen LogP contribution is 2.19. The van der Waals surface area contributed by atoms with E-state index in [9.17, 15) is 22.8 Å². The van der Waals surface area contributed by atoms with Crippen molar-refractivity contribution in [3.05, 3.63) is 40.9 Å². The van der Waals surface area contributed by atoms with Crippen molar-refractivity contribution in [2.75, 3.05) is 18.4 Å². The second kappa shape index (κ2) is 10.8. The molecular weight excluding hydrogens is 452 g/mol. The molecule has 0 saturated carbocycles. The standard InChI is InChI=1S/C21H28N4O5S2/c1-6-25(7-2)32(29,30)16-10-8-9-15(11-16)19(27)23-18(13(3)4)20(28)24-21-22-17(12-31-21)14(5)26/h8-13,18H,6-7H2,1-5H3,(H,23,27)(H,22,24,28)/t18-/m0/s1. The number of Topliss-reactive ketones (excluding diaryl/α,β-unsaturated/α-hetero) is 1. The molecule has 0 aliphatic carbocycles. The number of benzene rings is 1. The first kappa shape index (κ1) is 25.6. The van der Waals surface area contributed by atoms with Gasteiger partial charge in [-0.05, 0) is 24.1 Å². The van der Waals surface area contributed by atoms with Crippen molar-refractivity contribution in [2.45, 2.75) is 45.6 Å². The minimum absolute atomic E-state index is 0.0129. The van der Waals surface area contributed by atoms with Crippen LogP contribution in [0.25, 0.3) is 0 Å². The Labute approximate surface area is 192 Å². The Morgan fingerprint density at radius 2 is 1.81 bits per heavy atom. The van der Waals surface area contributed by atoms with E-state index in [1.807, 2.05) is 0 Å². The van der Waals surface area contributed by atoms with E-state index in [0.29, 0.717) is 13.1 Å². The molecule has 174 valence electrons. The molecule has 1 aromatic carbocycles. The van der Waals surface area contributed by atoms with Crippen molar-refractivity contribution in [1.29, 1.82) is 0 Å². The van der Waals surface area contributed by atoms with Crippen LogP contribution in [0.15, 0.2) is 34.5 Å². The van der Waals surface area contributed by atoms with Gasteiger partial charge >= 0.3 is 0 Å². The van der Waals surface area contributed by atoms with Crippen LogP contribution < -0.4 is 10.6 Å². The number of amides is 2. The van der Waals surface area contributed by atoms with Crippen LogP contribution in [-0.4, -0.2) is 54.4 Å². The lowest BCUT2D eigenvalue weighted by molar-refractivity contribution is -0.118. The van der Waals surface area contributed by atoms with Crippen LogP contribution >= 0.6 is 11.3 Å². The van der Waals surface area contributed by atoms with Gasteiger partial charge in [-0.2, -0.15) is 4.31 Å². The van der Waals surface area contributed by atoms with Gasteiger partial charge in [-0.3, -0.25) is 14.4 Å². The van der Waals surface area contributed by atoms with E-state index < -0.39 is 27.9 Å². The number of rotatable bonds is 10. The molecule has 1 atom stereocenters. The summed E-state index contributed by atoms with van der Waals surface area (Å²) in [4.78, 5) is 41.0. The van der Waals surface area contributed by atoms with Crippen LogP contribution in [0.2, 0.25) is 0 Å². The van der Waals surface area contributed by atoms with E-state index in [2.05, 4.69) is 15.6 Å². The van der Waals surface area contributed by atoms with Gasteiger partial charge in [-0.1, -0.05) is 33.8 Å². The van der Waals surface area contributed by atoms with E-state index in [1.54, 1.807) is 33.1 Å². The first-order chi connectivity index (χ1) is 15.0. The molecule has 2 amide bonds. The predicted octanol–water partition coefficient (Wildman–Crippen LogP) is 2.77. The van der Waals surface area contributed by atoms with Gasteiger partial charge < -0.3 is 10.6 Å². The number of ketones is 1. The number of hydrogen-bond donors (Lipinski definition) is 2. The summed E-state index contributed by atoms with van der Waals surface area (Å²) in [5.74, 6) is -1.52. The zero-order valence-electron chi connectivity index (χ0n) is 18.7. The molecule has 0 bridgehead atoms. The van der Waals surface area contributed by atoms with Gasteiger partial charge in [-0.25, -0.2) is 13.4 Å². The highest BCUT2D eigenvalue weighted by atomic mass is 32.2. The fourth-order valence-corrected chi connectivity index (χ4v) is 5.20. The van der Waals surface area contributed by atoms with Gasteiger partial charge in [0.1, 0.15) is 11.7 Å². The Morgan fingerprint density at radius 1 is 1.16 bits per heavy atom. The van der Waals surface area contributed by atoms with Crippen LogP contribution in [0.3, 0.4) is 0 Å². The van der Waals surface area contributed by atoms with E-state index >= 15 is 0 Å². The van der Waals surface area contributed by atoms with Crippen molar-refractivity contribution >= 4 is 44.1 Å². The summed E-state index contributed by atoms with van der Waals surface area (Å²) in [6.45, 7) is 9.03. The third-order valence-electron chi connectivity index (χ3n) is 4.77. The first-order valence-corrected chi connectivity index (χ1v) is 12.5. The molecular formula is C21H28N4O5S2. The lowest BCUT2D eigenvalue weighted by Gasteiger charge is -2.22. The number of carbonyl (C=O) groups excluding carboxylic acids is 3. The number of anilines is 1. The fraction of sp³-hybridized carbons (Fsp3) is 0.429. The number of nitrogens with zero attached hydrogens (tertiary/aromatic N) is 2. The first-order valence-electron chi connectivity index (χ1n) is 10.2. The molecule has 0 aliphatic rings. The van der Waals surface area contributed by atoms with Crippen LogP contribution in [-0.2, 0) is 14.8 Å². The number of sulfonamides is 1. The summed E-state index contributed by atoms with van der Waals surface area (Å²) in [6.07, 6.45) is 0. The molecule has 32 heavy (non-hydrogen) atoms. The Morgan fingerprint density at radius 3 is 2.34 bits per heavy atom. The second-order valence-corrected chi connectivity index (χ2v) is 10.2. The van der Waals surface area contributed by atoms with Crippen molar-refractivity contribution in [1.82, 2.24) is 14.6 Å². The van der Waals surface area contributed by atoms with E-state index in [4.69, 9.17) is 0 Å². The lowest BCUT2D eigenvalue weighted by atomic mass is 10.0. The average Bonchev–Trinajstić information content (AvgIpc) is 3.21. The highest BCUT2D eigenvalue weighted by molar-refractivity contribution is 7.89. The summed E-state index contributed by atoms with van der Waals surface area (Å²) in [5.41, 5.74) is 0.381. The van der Waals surface area contributed by atoms with E-state index in [-0.39, 0.29) is 33.0 Å². The minimum Gasteiger partial charge on any atom is -0.340 e. The summed E-state index contributed by atoms with van der Waals surface area (Å²) in [6, 6.07) is 4.83. The van der Waals surface area contributed by atoms with Crippen LogP contribution in [0.5, 0.6) is 0 Å². The monoisotopic (exact) mass is 480 g/mol. The number of nitrogens with one attached hydrogen (secondary N) is 2. The van der Waals surface area contributed by atoms with Crippen molar-refractivity contribution in [2.24, 2.45) is 5.92 Å². The number of thiazole rings is 1. The Hall–Kier alpha value is -2.63.